The van der Waals surface area contributed by atoms with Crippen LogP contribution in [-0.2, 0) is 25.9 Å². The molecule has 1 heterocycles. The van der Waals surface area contributed by atoms with Gasteiger partial charge >= 0.3 is 0 Å². The molecule has 1 atom stereocenters. The van der Waals surface area contributed by atoms with Crippen molar-refractivity contribution in [3.8, 4) is 0 Å². The van der Waals surface area contributed by atoms with Crippen molar-refractivity contribution in [1.82, 2.24) is 4.57 Å². The van der Waals surface area contributed by atoms with Crippen LogP contribution >= 0.6 is 0 Å². The maximum atomic E-state index is 2.67. The number of imidazole rings is 1. The second-order valence-corrected chi connectivity index (χ2v) is 9.33. The fourth-order valence-corrected chi connectivity index (χ4v) is 4.69. The van der Waals surface area contributed by atoms with Gasteiger partial charge in [-0.2, -0.15) is 0 Å². The average Bonchev–Trinajstić information content (AvgIpc) is 3.13. The summed E-state index contributed by atoms with van der Waals surface area (Å²) >= 11 is 0. The summed E-state index contributed by atoms with van der Waals surface area (Å²) in [5.74, 6) is 2.01. The first-order valence-electron chi connectivity index (χ1n) is 12.9. The van der Waals surface area contributed by atoms with Crippen LogP contribution in [-0.4, -0.2) is 4.57 Å². The number of hydrogen-bond acceptors (Lipinski definition) is 0. The molecule has 2 heteroatoms. The van der Waals surface area contributed by atoms with Crippen LogP contribution in [0.2, 0.25) is 0 Å². The van der Waals surface area contributed by atoms with Crippen LogP contribution in [0.15, 0.2) is 66.9 Å². The largest absolute Gasteiger partial charge is 0.261 e. The van der Waals surface area contributed by atoms with Crippen LogP contribution < -0.4 is 4.57 Å². The van der Waals surface area contributed by atoms with E-state index in [1.54, 1.807) is 0 Å². The van der Waals surface area contributed by atoms with Gasteiger partial charge in [-0.15, -0.1) is 0 Å². The van der Waals surface area contributed by atoms with Crippen molar-refractivity contribution in [2.75, 3.05) is 0 Å². The normalized spacial score (nSPS) is 12.2. The van der Waals surface area contributed by atoms with Crippen LogP contribution in [0.3, 0.4) is 0 Å². The van der Waals surface area contributed by atoms with Gasteiger partial charge in [-0.05, 0) is 42.7 Å². The van der Waals surface area contributed by atoms with Gasteiger partial charge in [0.15, 0.2) is 0 Å². The SMILES string of the molecule is CCCCCC[n+]1c(CC(C)c2ccccc2)cn(CCCCC)c1Cc1ccccc1. The van der Waals surface area contributed by atoms with Crippen molar-refractivity contribution >= 4 is 0 Å². The number of rotatable bonds is 14. The molecule has 0 saturated carbocycles. The number of aryl methyl sites for hydroxylation is 1. The molecule has 0 bridgehead atoms. The van der Waals surface area contributed by atoms with Gasteiger partial charge in [0.1, 0.15) is 11.9 Å². The molecule has 0 fully saturated rings. The summed E-state index contributed by atoms with van der Waals surface area (Å²) in [5.41, 5.74) is 4.35. The van der Waals surface area contributed by atoms with Crippen LogP contribution in [0.25, 0.3) is 0 Å². The standard InChI is InChI=1S/C30H43N2/c1-4-6-8-16-22-32-29(23-26(3)28-19-13-10-14-20-28)25-31(21-15-7-5-2)30(32)24-27-17-11-9-12-18-27/h9-14,17-20,25-26H,4-8,15-16,21-24H2,1-3H3/q+1. The lowest BCUT2D eigenvalue weighted by Gasteiger charge is -2.12. The van der Waals surface area contributed by atoms with E-state index < -0.39 is 0 Å². The minimum Gasteiger partial charge on any atom is -0.234 e. The third-order valence-corrected chi connectivity index (χ3v) is 6.62. The van der Waals surface area contributed by atoms with Crippen LogP contribution in [0.4, 0.5) is 0 Å². The summed E-state index contributed by atoms with van der Waals surface area (Å²) < 4.78 is 5.25. The summed E-state index contributed by atoms with van der Waals surface area (Å²) in [6.07, 6.45) is 13.6. The highest BCUT2D eigenvalue weighted by atomic mass is 15.2. The van der Waals surface area contributed by atoms with E-state index in [9.17, 15) is 0 Å². The van der Waals surface area contributed by atoms with Gasteiger partial charge < -0.3 is 0 Å². The maximum Gasteiger partial charge on any atom is 0.261 e. The number of nitrogens with zero attached hydrogens (tertiary/aromatic N) is 2. The third kappa shape index (κ3) is 7.08. The summed E-state index contributed by atoms with van der Waals surface area (Å²) in [7, 11) is 0. The predicted octanol–water partition coefficient (Wildman–Crippen LogP) is 7.48. The smallest absolute Gasteiger partial charge is 0.234 e. The minimum atomic E-state index is 0.522. The molecule has 0 radical (unpaired) electrons. The maximum absolute atomic E-state index is 2.67. The molecule has 0 amide bonds. The Kier molecular flexibility index (Phi) is 10.1. The summed E-state index contributed by atoms with van der Waals surface area (Å²) in [5, 5.41) is 0. The van der Waals surface area contributed by atoms with Crippen LogP contribution in [0, 0.1) is 0 Å². The Hall–Kier alpha value is -2.35. The van der Waals surface area contributed by atoms with Crippen molar-refractivity contribution in [3.05, 3.63) is 89.5 Å². The number of unbranched alkanes of at least 4 members (excludes halogenated alkanes) is 5. The van der Waals surface area contributed by atoms with Gasteiger partial charge in [-0.1, -0.05) is 101 Å². The second-order valence-electron chi connectivity index (χ2n) is 9.33. The zero-order chi connectivity index (χ0) is 22.6. The molecule has 32 heavy (non-hydrogen) atoms. The molecule has 0 aliphatic carbocycles. The summed E-state index contributed by atoms with van der Waals surface area (Å²) in [4.78, 5) is 0. The van der Waals surface area contributed by atoms with Crippen molar-refractivity contribution in [3.63, 3.8) is 0 Å². The van der Waals surface area contributed by atoms with Gasteiger partial charge in [0, 0.05) is 6.42 Å². The highest BCUT2D eigenvalue weighted by molar-refractivity contribution is 5.21. The van der Waals surface area contributed by atoms with Gasteiger partial charge in [-0.25, -0.2) is 9.13 Å². The third-order valence-electron chi connectivity index (χ3n) is 6.62. The molecule has 3 aromatic rings. The summed E-state index contributed by atoms with van der Waals surface area (Å²) in [6, 6.07) is 22.0. The van der Waals surface area contributed by atoms with E-state index in [0.29, 0.717) is 5.92 Å². The van der Waals surface area contributed by atoms with E-state index in [2.05, 4.69) is 96.8 Å². The Morgan fingerprint density at radius 3 is 2.12 bits per heavy atom. The van der Waals surface area contributed by atoms with E-state index in [1.165, 1.54) is 67.6 Å². The molecule has 1 aromatic heterocycles. The zero-order valence-electron chi connectivity index (χ0n) is 20.6. The van der Waals surface area contributed by atoms with Crippen LogP contribution in [0.5, 0.6) is 0 Å². The molecular weight excluding hydrogens is 388 g/mol. The molecule has 1 unspecified atom stereocenters. The monoisotopic (exact) mass is 431 g/mol. The first kappa shape index (κ1) is 24.3. The topological polar surface area (TPSA) is 8.81 Å². The first-order chi connectivity index (χ1) is 15.7. The lowest BCUT2D eigenvalue weighted by molar-refractivity contribution is -0.710. The molecule has 2 nitrogen and oxygen atoms in total. The average molecular weight is 432 g/mol. The number of aromatic nitrogens is 2. The Morgan fingerprint density at radius 1 is 0.781 bits per heavy atom. The van der Waals surface area contributed by atoms with Crippen molar-refractivity contribution in [2.24, 2.45) is 0 Å². The van der Waals surface area contributed by atoms with Gasteiger partial charge in [0.25, 0.3) is 5.82 Å². The summed E-state index contributed by atoms with van der Waals surface area (Å²) in [6.45, 7) is 9.24. The first-order valence-corrected chi connectivity index (χ1v) is 12.9. The zero-order valence-corrected chi connectivity index (χ0v) is 20.6. The number of benzene rings is 2. The minimum absolute atomic E-state index is 0.522. The molecule has 0 aliphatic heterocycles. The Bertz CT molecular complexity index is 895. The fourth-order valence-electron chi connectivity index (χ4n) is 4.69. The van der Waals surface area contributed by atoms with E-state index >= 15 is 0 Å². The number of hydrogen-bond donors (Lipinski definition) is 0. The van der Waals surface area contributed by atoms with Crippen LogP contribution in [0.1, 0.15) is 94.3 Å². The highest BCUT2D eigenvalue weighted by Gasteiger charge is 2.24. The Labute approximate surface area is 196 Å². The van der Waals surface area contributed by atoms with E-state index in [1.807, 2.05) is 0 Å². The fraction of sp³-hybridized carbons (Fsp3) is 0.500. The molecule has 2 aromatic carbocycles. The van der Waals surface area contributed by atoms with E-state index in [0.717, 1.165) is 25.9 Å². The van der Waals surface area contributed by atoms with Gasteiger partial charge in [0.05, 0.1) is 19.5 Å². The second kappa shape index (κ2) is 13.3. The predicted molar refractivity (Wildman–Crippen MR) is 136 cm³/mol. The quantitative estimate of drug-likeness (QED) is 0.185. The van der Waals surface area contributed by atoms with Gasteiger partial charge in [-0.3, -0.25) is 0 Å². The molecule has 3 rings (SSSR count). The Morgan fingerprint density at radius 2 is 1.44 bits per heavy atom. The van der Waals surface area contributed by atoms with Crippen molar-refractivity contribution in [2.45, 2.75) is 97.6 Å². The molecule has 0 N–H and O–H groups in total. The molecule has 172 valence electrons. The van der Waals surface area contributed by atoms with Crippen molar-refractivity contribution < 1.29 is 4.57 Å². The lowest BCUT2D eigenvalue weighted by atomic mass is 9.96. The van der Waals surface area contributed by atoms with Gasteiger partial charge in [0.2, 0.25) is 0 Å². The molecule has 0 aliphatic rings. The lowest BCUT2D eigenvalue weighted by Crippen LogP contribution is -2.41. The van der Waals surface area contributed by atoms with E-state index in [-0.39, 0.29) is 0 Å². The Balaban J connectivity index is 1.91. The molecule has 0 saturated heterocycles. The van der Waals surface area contributed by atoms with E-state index in [4.69, 9.17) is 0 Å². The molecular formula is C30H43N2+. The van der Waals surface area contributed by atoms with Crippen molar-refractivity contribution in [1.29, 1.82) is 0 Å². The highest BCUT2D eigenvalue weighted by Crippen LogP contribution is 2.21. The molecule has 0 spiro atoms.